The lowest BCUT2D eigenvalue weighted by Crippen LogP contribution is -2.40. The van der Waals surface area contributed by atoms with Gasteiger partial charge in [-0.05, 0) is 25.0 Å². The molecule has 0 aliphatic carbocycles. The molecule has 1 amide bonds. The van der Waals surface area contributed by atoms with Crippen LogP contribution >= 0.6 is 11.6 Å². The highest BCUT2D eigenvalue weighted by atomic mass is 35.5. The van der Waals surface area contributed by atoms with Gasteiger partial charge in [0, 0.05) is 26.1 Å². The summed E-state index contributed by atoms with van der Waals surface area (Å²) in [5.41, 5.74) is 0.757. The minimum atomic E-state index is -1.03. The topological polar surface area (TPSA) is 69.6 Å². The molecule has 1 heterocycles. The van der Waals surface area contributed by atoms with Crippen molar-refractivity contribution in [3.05, 3.63) is 28.8 Å². The molecular formula is C14H17ClN2O3. The Hall–Kier alpha value is -1.75. The summed E-state index contributed by atoms with van der Waals surface area (Å²) in [4.78, 5) is 24.9. The number of benzene rings is 1. The van der Waals surface area contributed by atoms with Gasteiger partial charge in [-0.2, -0.15) is 0 Å². The number of rotatable bonds is 3. The average molecular weight is 297 g/mol. The van der Waals surface area contributed by atoms with Crippen molar-refractivity contribution >= 4 is 29.2 Å². The van der Waals surface area contributed by atoms with E-state index in [-0.39, 0.29) is 22.4 Å². The molecule has 1 aromatic carbocycles. The molecule has 0 bridgehead atoms. The van der Waals surface area contributed by atoms with E-state index in [9.17, 15) is 14.7 Å². The predicted octanol–water partition coefficient (Wildman–Crippen LogP) is 2.00. The number of hydrogen-bond donors (Lipinski definition) is 2. The smallest absolute Gasteiger partial charge is 0.339 e. The number of nitrogens with one attached hydrogen (secondary N) is 1. The summed E-state index contributed by atoms with van der Waals surface area (Å²) in [7, 11) is 1.63. The molecule has 2 rings (SSSR count). The Labute approximate surface area is 122 Å². The monoisotopic (exact) mass is 296 g/mol. The normalized spacial score (nSPS) is 16.0. The highest BCUT2D eigenvalue weighted by molar-refractivity contribution is 6.34. The predicted molar refractivity (Wildman–Crippen MR) is 77.4 cm³/mol. The van der Waals surface area contributed by atoms with Gasteiger partial charge in [-0.3, -0.25) is 4.79 Å². The van der Waals surface area contributed by atoms with Gasteiger partial charge in [0.15, 0.2) is 0 Å². The number of hydrogen-bond acceptors (Lipinski definition) is 3. The Kier molecular flexibility index (Phi) is 4.49. The molecule has 5 nitrogen and oxygen atoms in total. The van der Waals surface area contributed by atoms with Gasteiger partial charge in [0.25, 0.3) is 0 Å². The number of carbonyl (C=O) groups is 2. The second-order valence-electron chi connectivity index (χ2n) is 4.81. The molecule has 108 valence electrons. The Morgan fingerprint density at radius 1 is 1.35 bits per heavy atom. The Morgan fingerprint density at radius 2 is 2.00 bits per heavy atom. The van der Waals surface area contributed by atoms with Gasteiger partial charge in [0.05, 0.1) is 10.7 Å². The van der Waals surface area contributed by atoms with Crippen LogP contribution in [-0.2, 0) is 4.79 Å². The number of carbonyl (C=O) groups excluding carboxylic acids is 1. The highest BCUT2D eigenvalue weighted by Gasteiger charge is 2.27. The van der Waals surface area contributed by atoms with Crippen LogP contribution in [0, 0.1) is 5.92 Å². The van der Waals surface area contributed by atoms with Gasteiger partial charge >= 0.3 is 5.97 Å². The number of halogens is 1. The second kappa shape index (κ2) is 6.13. The van der Waals surface area contributed by atoms with Crippen LogP contribution in [0.1, 0.15) is 23.2 Å². The van der Waals surface area contributed by atoms with E-state index in [2.05, 4.69) is 5.32 Å². The Balaban J connectivity index is 2.17. The number of piperidine rings is 1. The molecule has 20 heavy (non-hydrogen) atoms. The molecule has 2 N–H and O–H groups in total. The van der Waals surface area contributed by atoms with E-state index in [4.69, 9.17) is 11.6 Å². The van der Waals surface area contributed by atoms with E-state index in [1.165, 1.54) is 0 Å². The van der Waals surface area contributed by atoms with Gasteiger partial charge in [0.1, 0.15) is 5.56 Å². The maximum Gasteiger partial charge on any atom is 0.339 e. The molecule has 1 aliphatic heterocycles. The minimum absolute atomic E-state index is 0.00344. The number of amides is 1. The number of carboxylic acid groups (broad SMARTS) is 1. The lowest BCUT2D eigenvalue weighted by molar-refractivity contribution is -0.125. The average Bonchev–Trinajstić information content (AvgIpc) is 2.46. The van der Waals surface area contributed by atoms with Crippen molar-refractivity contribution in [3.63, 3.8) is 0 Å². The van der Waals surface area contributed by atoms with E-state index in [0.29, 0.717) is 31.6 Å². The molecule has 0 saturated carbocycles. The van der Waals surface area contributed by atoms with E-state index in [0.717, 1.165) is 0 Å². The first-order valence-electron chi connectivity index (χ1n) is 6.53. The largest absolute Gasteiger partial charge is 0.478 e. The van der Waals surface area contributed by atoms with Crippen LogP contribution in [0.15, 0.2) is 18.2 Å². The number of nitrogens with zero attached hydrogens (tertiary/aromatic N) is 1. The van der Waals surface area contributed by atoms with Crippen LogP contribution in [0.5, 0.6) is 0 Å². The fourth-order valence-corrected chi connectivity index (χ4v) is 2.83. The number of carboxylic acids is 1. The van der Waals surface area contributed by atoms with E-state index in [1.807, 2.05) is 4.90 Å². The summed E-state index contributed by atoms with van der Waals surface area (Å²) < 4.78 is 0. The molecular weight excluding hydrogens is 280 g/mol. The standard InChI is InChI=1S/C14H17ClN2O3/c1-16-13(18)9-5-7-17(8-6-9)11-4-2-3-10(15)12(11)14(19)20/h2-4,9H,5-8H2,1H3,(H,16,18)(H,19,20). The zero-order valence-electron chi connectivity index (χ0n) is 11.2. The zero-order valence-corrected chi connectivity index (χ0v) is 12.0. The van der Waals surface area contributed by atoms with Crippen molar-refractivity contribution < 1.29 is 14.7 Å². The molecule has 1 aliphatic rings. The summed E-state index contributed by atoms with van der Waals surface area (Å²) in [6.45, 7) is 1.30. The van der Waals surface area contributed by atoms with Crippen LogP contribution in [-0.4, -0.2) is 37.1 Å². The lowest BCUT2D eigenvalue weighted by Gasteiger charge is -2.33. The molecule has 0 aromatic heterocycles. The first kappa shape index (κ1) is 14.7. The molecule has 1 fully saturated rings. The van der Waals surface area contributed by atoms with Gasteiger partial charge in [-0.15, -0.1) is 0 Å². The van der Waals surface area contributed by atoms with Crippen molar-refractivity contribution in [2.24, 2.45) is 5.92 Å². The van der Waals surface area contributed by atoms with Crippen molar-refractivity contribution in [2.45, 2.75) is 12.8 Å². The first-order valence-corrected chi connectivity index (χ1v) is 6.90. The summed E-state index contributed by atoms with van der Waals surface area (Å²) >= 11 is 5.97. The molecule has 0 spiro atoms. The van der Waals surface area contributed by atoms with E-state index >= 15 is 0 Å². The molecule has 1 saturated heterocycles. The van der Waals surface area contributed by atoms with Crippen LogP contribution in [0.3, 0.4) is 0 Å². The molecule has 0 radical (unpaired) electrons. The highest BCUT2D eigenvalue weighted by Crippen LogP contribution is 2.30. The molecule has 0 unspecified atom stereocenters. The number of anilines is 1. The van der Waals surface area contributed by atoms with Crippen molar-refractivity contribution in [3.8, 4) is 0 Å². The second-order valence-corrected chi connectivity index (χ2v) is 5.22. The molecule has 6 heteroatoms. The van der Waals surface area contributed by atoms with Crippen LogP contribution in [0.2, 0.25) is 5.02 Å². The summed E-state index contributed by atoms with van der Waals surface area (Å²) in [6, 6.07) is 5.08. The third-order valence-corrected chi connectivity index (χ3v) is 3.97. The van der Waals surface area contributed by atoms with Crippen molar-refractivity contribution in [1.29, 1.82) is 0 Å². The van der Waals surface area contributed by atoms with Crippen LogP contribution < -0.4 is 10.2 Å². The molecule has 0 atom stereocenters. The van der Waals surface area contributed by atoms with Crippen LogP contribution in [0.4, 0.5) is 5.69 Å². The van der Waals surface area contributed by atoms with Crippen molar-refractivity contribution in [1.82, 2.24) is 5.32 Å². The molecule has 1 aromatic rings. The van der Waals surface area contributed by atoms with Gasteiger partial charge < -0.3 is 15.3 Å². The number of aromatic carboxylic acids is 1. The van der Waals surface area contributed by atoms with Crippen molar-refractivity contribution in [2.75, 3.05) is 25.0 Å². The van der Waals surface area contributed by atoms with Crippen LogP contribution in [0.25, 0.3) is 0 Å². The van der Waals surface area contributed by atoms with E-state index < -0.39 is 5.97 Å². The fourth-order valence-electron chi connectivity index (χ4n) is 2.57. The Morgan fingerprint density at radius 3 is 2.55 bits per heavy atom. The first-order chi connectivity index (χ1) is 9.54. The third kappa shape index (κ3) is 2.88. The third-order valence-electron chi connectivity index (χ3n) is 3.66. The maximum atomic E-state index is 11.6. The van der Waals surface area contributed by atoms with Gasteiger partial charge in [-0.1, -0.05) is 17.7 Å². The van der Waals surface area contributed by atoms with Gasteiger partial charge in [-0.25, -0.2) is 4.79 Å². The maximum absolute atomic E-state index is 11.6. The summed E-state index contributed by atoms with van der Waals surface area (Å²) in [5, 5.41) is 12.2. The zero-order chi connectivity index (χ0) is 14.7. The van der Waals surface area contributed by atoms with Gasteiger partial charge in [0.2, 0.25) is 5.91 Å². The summed E-state index contributed by atoms with van der Waals surface area (Å²) in [5.74, 6) is -0.975. The Bertz CT molecular complexity index is 525. The van der Waals surface area contributed by atoms with E-state index in [1.54, 1.807) is 25.2 Å². The lowest BCUT2D eigenvalue weighted by atomic mass is 9.95. The minimum Gasteiger partial charge on any atom is -0.478 e. The fraction of sp³-hybridized carbons (Fsp3) is 0.429. The quantitative estimate of drug-likeness (QED) is 0.895. The SMILES string of the molecule is CNC(=O)C1CCN(c2cccc(Cl)c2C(=O)O)CC1. The summed E-state index contributed by atoms with van der Waals surface area (Å²) in [6.07, 6.45) is 1.43.